The molecule has 5 heterocycles. The van der Waals surface area contributed by atoms with Crippen molar-refractivity contribution in [2.75, 3.05) is 77.9 Å². The molecule has 348 valence electrons. The van der Waals surface area contributed by atoms with Crippen LogP contribution in [-0.2, 0) is 34.9 Å². The van der Waals surface area contributed by atoms with Crippen LogP contribution in [0.5, 0.6) is 11.5 Å². The van der Waals surface area contributed by atoms with Gasteiger partial charge in [-0.2, -0.15) is 9.40 Å². The van der Waals surface area contributed by atoms with Crippen LogP contribution in [0.4, 0.5) is 10.5 Å². The van der Waals surface area contributed by atoms with Crippen LogP contribution in [0.3, 0.4) is 0 Å². The summed E-state index contributed by atoms with van der Waals surface area (Å²) in [4.78, 5) is 58.9. The molecule has 3 aromatic heterocycles. The van der Waals surface area contributed by atoms with Gasteiger partial charge in [0, 0.05) is 59.4 Å². The number of piperazine rings is 2. The maximum atomic E-state index is 14.1. The smallest absolute Gasteiger partial charge is 0.320 e. The number of nitrogens with zero attached hydrogens (tertiary/aromatic N) is 8. The van der Waals surface area contributed by atoms with Crippen LogP contribution >= 0.6 is 0 Å². The molecule has 2 aromatic carbocycles. The fourth-order valence-corrected chi connectivity index (χ4v) is 10.7. The van der Waals surface area contributed by atoms with Gasteiger partial charge in [-0.25, -0.2) is 23.2 Å². The van der Waals surface area contributed by atoms with Crippen molar-refractivity contribution in [1.29, 1.82) is 5.41 Å². The van der Waals surface area contributed by atoms with Gasteiger partial charge in [-0.15, -0.1) is 4.31 Å². The van der Waals surface area contributed by atoms with Crippen molar-refractivity contribution < 1.29 is 27.2 Å². The molecule has 2 aliphatic heterocycles. The Balaban J connectivity index is 1.01. The fourth-order valence-electron chi connectivity index (χ4n) is 8.08. The summed E-state index contributed by atoms with van der Waals surface area (Å²) in [5.74, 6) is 1.16. The van der Waals surface area contributed by atoms with E-state index in [0.29, 0.717) is 103 Å². The summed E-state index contributed by atoms with van der Waals surface area (Å²) in [5, 5.41) is 15.9. The number of sulfonamides is 1. The van der Waals surface area contributed by atoms with Crippen LogP contribution in [0.2, 0.25) is 0 Å². The topological polar surface area (TPSA) is 251 Å². The summed E-state index contributed by atoms with van der Waals surface area (Å²) in [5.41, 5.74) is 2.00. The Hall–Kier alpha value is -5.81. The molecule has 22 heteroatoms. The number of H-pyrrole nitrogens is 2. The maximum absolute atomic E-state index is 14.1. The molecule has 0 bridgehead atoms. The van der Waals surface area contributed by atoms with Crippen LogP contribution in [0.25, 0.3) is 33.8 Å². The molecule has 1 atom stereocenters. The molecule has 2 aliphatic rings. The molecule has 65 heavy (non-hydrogen) atoms. The van der Waals surface area contributed by atoms with Gasteiger partial charge >= 0.3 is 6.03 Å². The number of fused-ring (bicyclic) bond motifs is 1. The van der Waals surface area contributed by atoms with Gasteiger partial charge < -0.3 is 44.5 Å². The molecule has 5 aromatic rings. The molecule has 0 saturated carbocycles. The van der Waals surface area contributed by atoms with Crippen LogP contribution in [-0.4, -0.2) is 145 Å². The number of ether oxygens (including phenoxy) is 2. The van der Waals surface area contributed by atoms with E-state index in [1.165, 1.54) is 21.1 Å². The van der Waals surface area contributed by atoms with Gasteiger partial charge in [0.25, 0.3) is 11.1 Å². The van der Waals surface area contributed by atoms with E-state index in [9.17, 15) is 27.4 Å². The summed E-state index contributed by atoms with van der Waals surface area (Å²) in [6, 6.07) is 9.33. The number of aryl methyl sites for hydroxylation is 2. The highest BCUT2D eigenvalue weighted by Crippen LogP contribution is 2.34. The maximum Gasteiger partial charge on any atom is 0.320 e. The minimum absolute atomic E-state index is 0.00399. The Bertz CT molecular complexity index is 2800. The van der Waals surface area contributed by atoms with Gasteiger partial charge in [0.05, 0.1) is 65.1 Å². The first kappa shape index (κ1) is 47.2. The molecule has 4 N–H and O–H groups in total. The van der Waals surface area contributed by atoms with E-state index in [4.69, 9.17) is 19.9 Å². The zero-order valence-electron chi connectivity index (χ0n) is 37.5. The van der Waals surface area contributed by atoms with Crippen LogP contribution in [0, 0.1) is 5.41 Å². The van der Waals surface area contributed by atoms with E-state index < -0.39 is 32.5 Å². The SMILES string of the molecule is CCCC(=N)c1nc(-c2cc([S+]([O-])N3CCN(C(=O)N4CCN(S(=O)(=O)c5ccc(OCC)c(-c6nc7c(CCC)nn(C)c7c(=O)[nH]6)c5)CC4)CC3)ccc2OCC)[nH]c(=O)c1NC. The molecule has 0 spiro atoms. The standard InChI is InChI=1S/C43H56N12O8S2/c1-7-11-31(44)35-37(45-5)41(56)48-39(46-35)29-25-27(13-15-33(29)62-9-3)64(59)54-21-17-52(18-22-54)43(58)53-19-23-55(24-20-53)65(60,61)28-14-16-34(63-10-4)30(26-28)40-47-36-32(12-8-2)50-51(6)38(36)42(57)49-40/h13-16,25-26,44-45H,7-12,17-24H2,1-6H3,(H,46,48,56)(H,47,49,57). The first-order valence-electron chi connectivity index (χ1n) is 21.8. The van der Waals surface area contributed by atoms with Gasteiger partial charge in [-0.1, -0.05) is 26.7 Å². The lowest BCUT2D eigenvalue weighted by atomic mass is 10.1. The second-order valence-corrected chi connectivity index (χ2v) is 19.0. The third kappa shape index (κ3) is 9.62. The number of aromatic nitrogens is 6. The highest BCUT2D eigenvalue weighted by molar-refractivity contribution is 7.89. The third-order valence-corrected chi connectivity index (χ3v) is 14.7. The van der Waals surface area contributed by atoms with E-state index in [1.807, 2.05) is 27.7 Å². The number of rotatable bonds is 16. The van der Waals surface area contributed by atoms with Gasteiger partial charge in [-0.3, -0.25) is 14.3 Å². The fraction of sp³-hybridized carbons (Fsp3) is 0.465. The molecular weight excluding hydrogens is 877 g/mol. The second kappa shape index (κ2) is 20.1. The predicted molar refractivity (Wildman–Crippen MR) is 248 cm³/mol. The number of hydrogen-bond acceptors (Lipinski definition) is 14. The van der Waals surface area contributed by atoms with Crippen molar-refractivity contribution in [1.82, 2.24) is 48.1 Å². The van der Waals surface area contributed by atoms with Crippen LogP contribution in [0.1, 0.15) is 58.3 Å². The number of benzene rings is 2. The van der Waals surface area contributed by atoms with E-state index in [2.05, 4.69) is 25.4 Å². The molecular formula is C43H56N12O8S2. The van der Waals surface area contributed by atoms with Gasteiger partial charge in [0.15, 0.2) is 10.4 Å². The van der Waals surface area contributed by atoms with Gasteiger partial charge in [0.1, 0.15) is 40.0 Å². The quantitative estimate of drug-likeness (QED) is 0.0813. The Morgan fingerprint density at radius 3 is 2.06 bits per heavy atom. The number of anilines is 1. The normalized spacial score (nSPS) is 15.6. The largest absolute Gasteiger partial charge is 0.593 e. The predicted octanol–water partition coefficient (Wildman–Crippen LogP) is 3.80. The summed E-state index contributed by atoms with van der Waals surface area (Å²) in [7, 11) is -0.754. The zero-order valence-corrected chi connectivity index (χ0v) is 39.2. The monoisotopic (exact) mass is 932 g/mol. The van der Waals surface area contributed by atoms with Crippen molar-refractivity contribution in [2.45, 2.75) is 63.2 Å². The number of amides is 2. The lowest BCUT2D eigenvalue weighted by Gasteiger charge is -2.39. The van der Waals surface area contributed by atoms with Crippen molar-refractivity contribution in [3.8, 4) is 34.3 Å². The molecule has 0 aliphatic carbocycles. The van der Waals surface area contributed by atoms with E-state index in [0.717, 1.165) is 6.42 Å². The molecule has 7 rings (SSSR count). The van der Waals surface area contributed by atoms with E-state index in [-0.39, 0.29) is 65.8 Å². The van der Waals surface area contributed by atoms with Crippen molar-refractivity contribution >= 4 is 49.8 Å². The lowest BCUT2D eigenvalue weighted by Crippen LogP contribution is -2.57. The summed E-state index contributed by atoms with van der Waals surface area (Å²) in [6.45, 7) is 9.92. The Morgan fingerprint density at radius 1 is 0.846 bits per heavy atom. The number of nitrogens with one attached hydrogen (secondary N) is 4. The number of urea groups is 1. The number of carbonyl (C=O) groups excluding carboxylic acids is 1. The minimum atomic E-state index is -4.04. The van der Waals surface area contributed by atoms with E-state index in [1.54, 1.807) is 52.5 Å². The highest BCUT2D eigenvalue weighted by Gasteiger charge is 2.36. The van der Waals surface area contributed by atoms with Crippen molar-refractivity contribution in [2.24, 2.45) is 7.05 Å². The highest BCUT2D eigenvalue weighted by atomic mass is 32.2. The average Bonchev–Trinajstić information content (AvgIpc) is 3.63. The van der Waals surface area contributed by atoms with Crippen molar-refractivity contribution in [3.63, 3.8) is 0 Å². The summed E-state index contributed by atoms with van der Waals surface area (Å²) in [6.07, 6.45) is 2.55. The Labute approximate surface area is 380 Å². The summed E-state index contributed by atoms with van der Waals surface area (Å²) < 4.78 is 58.6. The van der Waals surface area contributed by atoms with Gasteiger partial charge in [0.2, 0.25) is 10.0 Å². The minimum Gasteiger partial charge on any atom is -0.593 e. The van der Waals surface area contributed by atoms with Crippen LogP contribution in [0.15, 0.2) is 55.8 Å². The Kier molecular flexibility index (Phi) is 14.6. The van der Waals surface area contributed by atoms with Gasteiger partial charge in [-0.05, 0) is 57.0 Å². The molecule has 20 nitrogen and oxygen atoms in total. The number of hydrogen-bond donors (Lipinski definition) is 4. The molecule has 2 amide bonds. The average molecular weight is 933 g/mol. The second-order valence-electron chi connectivity index (χ2n) is 15.6. The number of carbonyl (C=O) groups is 1. The molecule has 2 saturated heterocycles. The first-order chi connectivity index (χ1) is 31.2. The lowest BCUT2D eigenvalue weighted by molar-refractivity contribution is 0.119. The molecule has 2 fully saturated rings. The Morgan fingerprint density at radius 2 is 1.45 bits per heavy atom. The van der Waals surface area contributed by atoms with Crippen LogP contribution < -0.4 is 25.9 Å². The summed E-state index contributed by atoms with van der Waals surface area (Å²) >= 11 is -1.64. The molecule has 1 unspecified atom stereocenters. The molecule has 0 radical (unpaired) electrons. The third-order valence-electron chi connectivity index (χ3n) is 11.3. The first-order valence-corrected chi connectivity index (χ1v) is 24.4. The van der Waals surface area contributed by atoms with Crippen molar-refractivity contribution in [3.05, 3.63) is 68.5 Å². The van der Waals surface area contributed by atoms with E-state index >= 15 is 0 Å². The number of aromatic amines is 2. The zero-order chi connectivity index (χ0) is 46.6.